The van der Waals surface area contributed by atoms with Gasteiger partial charge in [-0.2, -0.15) is 5.10 Å². The molecule has 0 radical (unpaired) electrons. The summed E-state index contributed by atoms with van der Waals surface area (Å²) >= 11 is 0. The van der Waals surface area contributed by atoms with Crippen molar-refractivity contribution < 1.29 is 27.4 Å². The summed E-state index contributed by atoms with van der Waals surface area (Å²) in [5.74, 6) is 0.825. The number of amides is 2. The highest BCUT2D eigenvalue weighted by atomic mass is 19.4. The van der Waals surface area contributed by atoms with E-state index in [0.717, 1.165) is 46.9 Å². The molecule has 5 rings (SSSR count). The zero-order valence-corrected chi connectivity index (χ0v) is 21.2. The first kappa shape index (κ1) is 26.0. The van der Waals surface area contributed by atoms with Gasteiger partial charge in [0.15, 0.2) is 0 Å². The standard InChI is InChI=1S/C26H29F3N6O3/c1-17-3-4-20(31-25(36)35-6-5-21(16-35)38-26(27,28)29)13-22(17)18-11-23(19-14-30-33(2)15-19)32-24(12-18)34-7-9-37-10-8-34/h3-4,11-15,21H,5-10,16H2,1-2H3,(H,31,36)/t21-/m0/s1. The minimum atomic E-state index is -4.72. The first-order valence-corrected chi connectivity index (χ1v) is 12.4. The van der Waals surface area contributed by atoms with Gasteiger partial charge in [0.05, 0.1) is 31.2 Å². The number of rotatable bonds is 5. The summed E-state index contributed by atoms with van der Waals surface area (Å²) < 4.78 is 49.0. The van der Waals surface area contributed by atoms with Crippen LogP contribution in [0, 0.1) is 6.92 Å². The number of nitrogens with one attached hydrogen (secondary N) is 1. The zero-order chi connectivity index (χ0) is 26.9. The molecule has 2 aliphatic rings. The number of ether oxygens (including phenoxy) is 2. The summed E-state index contributed by atoms with van der Waals surface area (Å²) in [7, 11) is 1.85. The number of urea groups is 1. The van der Waals surface area contributed by atoms with Crippen molar-refractivity contribution in [2.45, 2.75) is 25.8 Å². The van der Waals surface area contributed by atoms with E-state index in [4.69, 9.17) is 9.72 Å². The average molecular weight is 531 g/mol. The summed E-state index contributed by atoms with van der Waals surface area (Å²) in [4.78, 5) is 21.2. The van der Waals surface area contributed by atoms with Crippen molar-refractivity contribution in [3.63, 3.8) is 0 Å². The molecular formula is C26H29F3N6O3. The zero-order valence-electron chi connectivity index (χ0n) is 21.2. The number of aryl methyl sites for hydroxylation is 2. The topological polar surface area (TPSA) is 84.8 Å². The number of nitrogens with zero attached hydrogens (tertiary/aromatic N) is 5. The number of pyridine rings is 1. The van der Waals surface area contributed by atoms with Crippen molar-refractivity contribution in [3.05, 3.63) is 48.3 Å². The molecule has 2 saturated heterocycles. The van der Waals surface area contributed by atoms with Crippen LogP contribution in [0.5, 0.6) is 0 Å². The van der Waals surface area contributed by atoms with Gasteiger partial charge in [0.1, 0.15) is 5.82 Å². The van der Waals surface area contributed by atoms with Crippen molar-refractivity contribution in [1.29, 1.82) is 0 Å². The molecular weight excluding hydrogens is 501 g/mol. The van der Waals surface area contributed by atoms with Gasteiger partial charge in [0.25, 0.3) is 0 Å². The summed E-state index contributed by atoms with van der Waals surface area (Å²) in [6.07, 6.45) is -1.97. The van der Waals surface area contributed by atoms with E-state index in [9.17, 15) is 18.0 Å². The Hall–Kier alpha value is -3.64. The van der Waals surface area contributed by atoms with Crippen LogP contribution in [-0.2, 0) is 16.5 Å². The minimum absolute atomic E-state index is 0.119. The minimum Gasteiger partial charge on any atom is -0.378 e. The van der Waals surface area contributed by atoms with E-state index in [-0.39, 0.29) is 19.5 Å². The van der Waals surface area contributed by atoms with Crippen LogP contribution in [0.4, 0.5) is 29.5 Å². The summed E-state index contributed by atoms with van der Waals surface area (Å²) in [5.41, 5.74) is 5.04. The molecule has 2 aromatic heterocycles. The summed E-state index contributed by atoms with van der Waals surface area (Å²) in [5, 5.41) is 7.11. The Labute approximate surface area is 218 Å². The number of carbonyl (C=O) groups is 1. The van der Waals surface area contributed by atoms with E-state index in [1.807, 2.05) is 44.4 Å². The van der Waals surface area contributed by atoms with Crippen molar-refractivity contribution >= 4 is 17.5 Å². The predicted octanol–water partition coefficient (Wildman–Crippen LogP) is 4.44. The van der Waals surface area contributed by atoms with Crippen LogP contribution in [0.15, 0.2) is 42.7 Å². The van der Waals surface area contributed by atoms with Crippen LogP contribution in [-0.4, -0.2) is 77.6 Å². The number of halogens is 3. The molecule has 0 spiro atoms. The molecule has 0 unspecified atom stereocenters. The Balaban J connectivity index is 1.41. The highest BCUT2D eigenvalue weighted by Gasteiger charge is 2.37. The van der Waals surface area contributed by atoms with E-state index in [2.05, 4.69) is 20.1 Å². The second-order valence-corrected chi connectivity index (χ2v) is 9.48. The van der Waals surface area contributed by atoms with Crippen LogP contribution in [0.1, 0.15) is 12.0 Å². The molecule has 2 amide bonds. The van der Waals surface area contributed by atoms with E-state index >= 15 is 0 Å². The molecule has 38 heavy (non-hydrogen) atoms. The number of morpholine rings is 1. The Bertz CT molecular complexity index is 1310. The largest absolute Gasteiger partial charge is 0.522 e. The van der Waals surface area contributed by atoms with Crippen molar-refractivity contribution in [1.82, 2.24) is 19.7 Å². The van der Waals surface area contributed by atoms with E-state index in [0.29, 0.717) is 18.9 Å². The number of hydrogen-bond acceptors (Lipinski definition) is 6. The maximum atomic E-state index is 12.8. The van der Waals surface area contributed by atoms with Gasteiger partial charge in [0.2, 0.25) is 0 Å². The predicted molar refractivity (Wildman–Crippen MR) is 136 cm³/mol. The number of alkyl halides is 3. The molecule has 0 bridgehead atoms. The Morgan fingerprint density at radius 2 is 1.92 bits per heavy atom. The maximum Gasteiger partial charge on any atom is 0.522 e. The quantitative estimate of drug-likeness (QED) is 0.525. The molecule has 202 valence electrons. The Morgan fingerprint density at radius 1 is 1.13 bits per heavy atom. The SMILES string of the molecule is Cc1ccc(NC(=O)N2CC[C@H](OC(F)(F)F)C2)cc1-c1cc(-c2cnn(C)c2)nc(N2CCOCC2)c1. The van der Waals surface area contributed by atoms with Gasteiger partial charge in [-0.1, -0.05) is 6.07 Å². The molecule has 4 heterocycles. The highest BCUT2D eigenvalue weighted by Crippen LogP contribution is 2.33. The van der Waals surface area contributed by atoms with Gasteiger partial charge in [-0.3, -0.25) is 9.42 Å². The first-order chi connectivity index (χ1) is 18.1. The highest BCUT2D eigenvalue weighted by molar-refractivity contribution is 5.91. The average Bonchev–Trinajstić information content (AvgIpc) is 3.53. The molecule has 9 nitrogen and oxygen atoms in total. The first-order valence-electron chi connectivity index (χ1n) is 12.4. The van der Waals surface area contributed by atoms with E-state index in [1.54, 1.807) is 16.9 Å². The van der Waals surface area contributed by atoms with E-state index < -0.39 is 18.5 Å². The van der Waals surface area contributed by atoms with Gasteiger partial charge in [-0.15, -0.1) is 13.2 Å². The fourth-order valence-corrected chi connectivity index (χ4v) is 4.74. The van der Waals surface area contributed by atoms with Crippen molar-refractivity contribution in [2.24, 2.45) is 7.05 Å². The van der Waals surface area contributed by atoms with Gasteiger partial charge in [-0.05, 0) is 54.3 Å². The second kappa shape index (κ2) is 10.6. The summed E-state index contributed by atoms with van der Waals surface area (Å²) in [6.45, 7) is 4.76. The fourth-order valence-electron chi connectivity index (χ4n) is 4.74. The van der Waals surface area contributed by atoms with Crippen LogP contribution < -0.4 is 10.2 Å². The lowest BCUT2D eigenvalue weighted by Gasteiger charge is -2.28. The number of carbonyl (C=O) groups excluding carboxylic acids is 1. The third-order valence-corrected chi connectivity index (χ3v) is 6.68. The molecule has 0 saturated carbocycles. The number of benzene rings is 1. The molecule has 2 aliphatic heterocycles. The lowest BCUT2D eigenvalue weighted by atomic mass is 9.98. The van der Waals surface area contributed by atoms with Crippen molar-refractivity contribution in [3.8, 4) is 22.4 Å². The monoisotopic (exact) mass is 530 g/mol. The fraction of sp³-hybridized carbons (Fsp3) is 0.423. The van der Waals surface area contributed by atoms with Gasteiger partial charge in [0, 0.05) is 50.7 Å². The molecule has 0 aliphatic carbocycles. The number of anilines is 2. The third kappa shape index (κ3) is 6.08. The number of hydrogen-bond donors (Lipinski definition) is 1. The normalized spacial score (nSPS) is 18.2. The van der Waals surface area contributed by atoms with Gasteiger partial charge in [-0.25, -0.2) is 9.78 Å². The number of aromatic nitrogens is 3. The molecule has 2 fully saturated rings. The number of likely N-dealkylation sites (tertiary alicyclic amines) is 1. The van der Waals surface area contributed by atoms with Crippen LogP contribution >= 0.6 is 0 Å². The van der Waals surface area contributed by atoms with E-state index in [1.165, 1.54) is 4.90 Å². The van der Waals surface area contributed by atoms with Gasteiger partial charge < -0.3 is 19.9 Å². The Morgan fingerprint density at radius 3 is 2.63 bits per heavy atom. The molecule has 12 heteroatoms. The lowest BCUT2D eigenvalue weighted by molar-refractivity contribution is -0.340. The van der Waals surface area contributed by atoms with Crippen LogP contribution in [0.3, 0.4) is 0 Å². The molecule has 3 aromatic rings. The van der Waals surface area contributed by atoms with Crippen molar-refractivity contribution in [2.75, 3.05) is 49.6 Å². The van der Waals surface area contributed by atoms with Gasteiger partial charge >= 0.3 is 12.4 Å². The Kier molecular flexibility index (Phi) is 7.26. The van der Waals surface area contributed by atoms with Crippen LogP contribution in [0.25, 0.3) is 22.4 Å². The maximum absolute atomic E-state index is 12.8. The van der Waals surface area contributed by atoms with Crippen LogP contribution in [0.2, 0.25) is 0 Å². The summed E-state index contributed by atoms with van der Waals surface area (Å²) in [6, 6.07) is 9.12. The smallest absolute Gasteiger partial charge is 0.378 e. The lowest BCUT2D eigenvalue weighted by Crippen LogP contribution is -2.36. The molecule has 1 N–H and O–H groups in total. The second-order valence-electron chi connectivity index (χ2n) is 9.48. The molecule has 1 aromatic carbocycles. The third-order valence-electron chi connectivity index (χ3n) is 6.68. The molecule has 1 atom stereocenters.